The molecule has 0 fully saturated rings. The fourth-order valence-corrected chi connectivity index (χ4v) is 1.63. The smallest absolute Gasteiger partial charge is 0.271 e. The lowest BCUT2D eigenvalue weighted by molar-refractivity contribution is -0.135. The summed E-state index contributed by atoms with van der Waals surface area (Å²) in [5.74, 6) is 5.91. The van der Waals surface area contributed by atoms with E-state index in [0.717, 1.165) is 5.75 Å². The lowest BCUT2D eigenvalue weighted by atomic mass is 10.1. The van der Waals surface area contributed by atoms with E-state index in [1.807, 2.05) is 6.26 Å². The second-order valence-electron chi connectivity index (χ2n) is 2.83. The Morgan fingerprint density at radius 3 is 2.46 bits per heavy atom. The van der Waals surface area contributed by atoms with Crippen LogP contribution in [0.3, 0.4) is 0 Å². The van der Waals surface area contributed by atoms with Crippen LogP contribution in [0.15, 0.2) is 0 Å². The summed E-state index contributed by atoms with van der Waals surface area (Å²) >= 11 is 1.57. The fourth-order valence-electron chi connectivity index (χ4n) is 0.965. The highest BCUT2D eigenvalue weighted by Crippen LogP contribution is 2.22. The van der Waals surface area contributed by atoms with Crippen molar-refractivity contribution in [1.82, 2.24) is 5.43 Å². The minimum atomic E-state index is -4.04. The molecule has 0 aliphatic carbocycles. The van der Waals surface area contributed by atoms with Crippen LogP contribution in [0.1, 0.15) is 19.3 Å². The van der Waals surface area contributed by atoms with Gasteiger partial charge in [0.1, 0.15) is 0 Å². The van der Waals surface area contributed by atoms with Gasteiger partial charge in [-0.3, -0.25) is 11.3 Å². The molecule has 0 heterocycles. The average molecular weight is 216 g/mol. The van der Waals surface area contributed by atoms with Gasteiger partial charge >= 0.3 is 6.18 Å². The van der Waals surface area contributed by atoms with Crippen molar-refractivity contribution in [3.63, 3.8) is 0 Å². The first kappa shape index (κ1) is 13.1. The first-order valence-electron chi connectivity index (χ1n) is 4.01. The van der Waals surface area contributed by atoms with E-state index in [9.17, 15) is 13.2 Å². The molecule has 6 heteroatoms. The minimum Gasteiger partial charge on any atom is -0.271 e. The molecular weight excluding hydrogens is 201 g/mol. The summed E-state index contributed by atoms with van der Waals surface area (Å²) in [7, 11) is 0. The number of nitrogens with one attached hydrogen (secondary N) is 1. The van der Waals surface area contributed by atoms with Crippen molar-refractivity contribution in [2.75, 3.05) is 12.0 Å². The molecule has 0 saturated heterocycles. The molecule has 0 bridgehead atoms. The lowest BCUT2D eigenvalue weighted by Crippen LogP contribution is -2.37. The van der Waals surface area contributed by atoms with Crippen LogP contribution < -0.4 is 11.3 Å². The Labute approximate surface area is 80.4 Å². The summed E-state index contributed by atoms with van der Waals surface area (Å²) in [6.45, 7) is 0. The molecule has 3 N–H and O–H groups in total. The van der Waals surface area contributed by atoms with E-state index in [1.54, 1.807) is 11.8 Å². The van der Waals surface area contributed by atoms with Gasteiger partial charge in [0, 0.05) is 18.2 Å². The maximum Gasteiger partial charge on any atom is 0.389 e. The summed E-state index contributed by atoms with van der Waals surface area (Å²) in [4.78, 5) is 0. The first-order chi connectivity index (χ1) is 5.99. The lowest BCUT2D eigenvalue weighted by Gasteiger charge is -2.14. The molecule has 0 aliphatic heterocycles. The van der Waals surface area contributed by atoms with E-state index in [1.165, 1.54) is 0 Å². The summed E-state index contributed by atoms with van der Waals surface area (Å²) in [5.41, 5.74) is 2.50. The molecule has 2 nitrogen and oxygen atoms in total. The van der Waals surface area contributed by atoms with Gasteiger partial charge < -0.3 is 0 Å². The van der Waals surface area contributed by atoms with Gasteiger partial charge in [-0.1, -0.05) is 0 Å². The van der Waals surface area contributed by atoms with Crippen molar-refractivity contribution >= 4 is 11.8 Å². The Balaban J connectivity index is 3.49. The maximum absolute atomic E-state index is 11.7. The number of hydrogen-bond acceptors (Lipinski definition) is 3. The molecule has 0 aliphatic rings. The molecule has 0 aromatic heterocycles. The summed E-state index contributed by atoms with van der Waals surface area (Å²) in [6, 6.07) is -0.0163. The SMILES string of the molecule is CSCC(CCCC(F)(F)F)NN. The number of halogens is 3. The summed E-state index contributed by atoms with van der Waals surface area (Å²) in [6.07, 6.45) is -2.26. The zero-order valence-corrected chi connectivity index (χ0v) is 8.34. The van der Waals surface area contributed by atoms with E-state index in [4.69, 9.17) is 5.84 Å². The highest BCUT2D eigenvalue weighted by molar-refractivity contribution is 7.98. The largest absolute Gasteiger partial charge is 0.389 e. The number of hydrogen-bond donors (Lipinski definition) is 2. The monoisotopic (exact) mass is 216 g/mol. The molecule has 1 atom stereocenters. The van der Waals surface area contributed by atoms with E-state index >= 15 is 0 Å². The Hall–Kier alpha value is 0.0600. The standard InChI is InChI=1S/C7H15F3N2S/c1-13-5-6(12-11)3-2-4-7(8,9)10/h6,12H,2-5,11H2,1H3. The van der Waals surface area contributed by atoms with Crippen LogP contribution in [-0.2, 0) is 0 Å². The van der Waals surface area contributed by atoms with E-state index in [2.05, 4.69) is 5.43 Å². The van der Waals surface area contributed by atoms with Gasteiger partial charge in [-0.25, -0.2) is 0 Å². The van der Waals surface area contributed by atoms with Crippen LogP contribution in [0.2, 0.25) is 0 Å². The quantitative estimate of drug-likeness (QED) is 0.526. The minimum absolute atomic E-state index is 0.0163. The van der Waals surface area contributed by atoms with Crippen LogP contribution >= 0.6 is 11.8 Å². The van der Waals surface area contributed by atoms with Crippen LogP contribution in [0.4, 0.5) is 13.2 Å². The third-order valence-corrected chi connectivity index (χ3v) is 2.35. The van der Waals surface area contributed by atoms with Crippen molar-refractivity contribution in [1.29, 1.82) is 0 Å². The third-order valence-electron chi connectivity index (χ3n) is 1.62. The summed E-state index contributed by atoms with van der Waals surface area (Å²) in [5, 5.41) is 0. The van der Waals surface area contributed by atoms with E-state index < -0.39 is 12.6 Å². The second kappa shape index (κ2) is 6.50. The van der Waals surface area contributed by atoms with Gasteiger partial charge in [0.2, 0.25) is 0 Å². The molecular formula is C7H15F3N2S. The number of rotatable bonds is 6. The Morgan fingerprint density at radius 1 is 1.46 bits per heavy atom. The van der Waals surface area contributed by atoms with E-state index in [-0.39, 0.29) is 12.5 Å². The Kier molecular flexibility index (Phi) is 6.53. The van der Waals surface area contributed by atoms with Crippen molar-refractivity contribution < 1.29 is 13.2 Å². The van der Waals surface area contributed by atoms with Crippen molar-refractivity contribution in [2.45, 2.75) is 31.5 Å². The first-order valence-corrected chi connectivity index (χ1v) is 5.41. The predicted octanol–water partition coefficient (Wildman–Crippen LogP) is 1.91. The number of alkyl halides is 3. The zero-order valence-electron chi connectivity index (χ0n) is 7.53. The number of thioether (sulfide) groups is 1. The summed E-state index contributed by atoms with van der Waals surface area (Å²) < 4.78 is 35.2. The van der Waals surface area contributed by atoms with Gasteiger partial charge in [0.05, 0.1) is 0 Å². The number of nitrogens with two attached hydrogens (primary N) is 1. The van der Waals surface area contributed by atoms with Gasteiger partial charge in [-0.05, 0) is 19.1 Å². The Morgan fingerprint density at radius 2 is 2.08 bits per heavy atom. The molecule has 0 spiro atoms. The van der Waals surface area contributed by atoms with Crippen molar-refractivity contribution in [3.8, 4) is 0 Å². The molecule has 0 rings (SSSR count). The average Bonchev–Trinajstić information content (AvgIpc) is 2.01. The third kappa shape index (κ3) is 8.39. The van der Waals surface area contributed by atoms with Crippen molar-refractivity contribution in [3.05, 3.63) is 0 Å². The molecule has 0 aromatic carbocycles. The topological polar surface area (TPSA) is 38.0 Å². The van der Waals surface area contributed by atoms with Gasteiger partial charge in [0.15, 0.2) is 0 Å². The van der Waals surface area contributed by atoms with Crippen molar-refractivity contribution in [2.24, 2.45) is 5.84 Å². The van der Waals surface area contributed by atoms with Crippen LogP contribution in [0.25, 0.3) is 0 Å². The van der Waals surface area contributed by atoms with Gasteiger partial charge in [-0.15, -0.1) is 0 Å². The highest BCUT2D eigenvalue weighted by Gasteiger charge is 2.26. The zero-order chi connectivity index (χ0) is 10.3. The van der Waals surface area contributed by atoms with Crippen LogP contribution in [0, 0.1) is 0 Å². The maximum atomic E-state index is 11.7. The van der Waals surface area contributed by atoms with Gasteiger partial charge in [0.25, 0.3) is 0 Å². The second-order valence-corrected chi connectivity index (χ2v) is 3.74. The van der Waals surface area contributed by atoms with Crippen LogP contribution in [0.5, 0.6) is 0 Å². The normalized spacial score (nSPS) is 14.5. The molecule has 1 unspecified atom stereocenters. The fraction of sp³-hybridized carbons (Fsp3) is 1.00. The van der Waals surface area contributed by atoms with E-state index in [0.29, 0.717) is 6.42 Å². The predicted molar refractivity (Wildman–Crippen MR) is 49.4 cm³/mol. The Bertz CT molecular complexity index is 129. The molecule has 0 radical (unpaired) electrons. The molecule has 80 valence electrons. The van der Waals surface area contributed by atoms with Gasteiger partial charge in [-0.2, -0.15) is 24.9 Å². The molecule has 0 amide bonds. The molecule has 13 heavy (non-hydrogen) atoms. The molecule has 0 saturated carbocycles. The van der Waals surface area contributed by atoms with Crippen LogP contribution in [-0.4, -0.2) is 24.2 Å². The highest BCUT2D eigenvalue weighted by atomic mass is 32.2. The number of hydrazine groups is 1. The molecule has 0 aromatic rings.